The Morgan fingerprint density at radius 1 is 1.09 bits per heavy atom. The van der Waals surface area contributed by atoms with Gasteiger partial charge in [0.25, 0.3) is 5.91 Å². The van der Waals surface area contributed by atoms with Crippen LogP contribution in [0.25, 0.3) is 22.6 Å². The molecule has 3 amide bonds. The first-order chi connectivity index (χ1) is 16.0. The summed E-state index contributed by atoms with van der Waals surface area (Å²) >= 11 is 0. The lowest BCUT2D eigenvalue weighted by Crippen LogP contribution is -2.39. The number of hydrogen-bond donors (Lipinski definition) is 2. The molecule has 1 aliphatic rings. The second kappa shape index (κ2) is 9.60. The Bertz CT molecular complexity index is 1270. The molecule has 0 saturated heterocycles. The molecule has 1 aliphatic carbocycles. The molecule has 1 aromatic heterocycles. The maximum atomic E-state index is 13.3. The molecule has 0 aliphatic heterocycles. The molecular weight excluding hydrogens is 425 g/mol. The SMILES string of the molecule is CNC(=O)NC(=O)COC(=O)c1c2c(nc3ccccc13)C(=Cc1ccc(F)cc1)CCC2. The molecule has 2 aromatic carbocycles. The molecule has 33 heavy (non-hydrogen) atoms. The van der Waals surface area contributed by atoms with Gasteiger partial charge in [0, 0.05) is 12.4 Å². The number of benzene rings is 2. The summed E-state index contributed by atoms with van der Waals surface area (Å²) < 4.78 is 18.6. The highest BCUT2D eigenvalue weighted by Crippen LogP contribution is 2.36. The third-order valence-electron chi connectivity index (χ3n) is 5.40. The van der Waals surface area contributed by atoms with Crippen LogP contribution in [-0.2, 0) is 16.0 Å². The van der Waals surface area contributed by atoms with E-state index < -0.39 is 24.5 Å². The van der Waals surface area contributed by atoms with Crippen LogP contribution >= 0.6 is 0 Å². The monoisotopic (exact) mass is 447 g/mol. The predicted molar refractivity (Wildman–Crippen MR) is 122 cm³/mol. The van der Waals surface area contributed by atoms with Crippen molar-refractivity contribution < 1.29 is 23.5 Å². The molecule has 0 atom stereocenters. The molecule has 168 valence electrons. The van der Waals surface area contributed by atoms with E-state index in [0.29, 0.717) is 28.6 Å². The third kappa shape index (κ3) is 4.90. The molecular formula is C25H22FN3O4. The number of esters is 1. The van der Waals surface area contributed by atoms with E-state index in [9.17, 15) is 18.8 Å². The zero-order valence-electron chi connectivity index (χ0n) is 18.0. The quantitative estimate of drug-likeness (QED) is 0.592. The van der Waals surface area contributed by atoms with Gasteiger partial charge in [0.05, 0.1) is 16.8 Å². The van der Waals surface area contributed by atoms with E-state index in [2.05, 4.69) is 10.6 Å². The number of halogens is 1. The summed E-state index contributed by atoms with van der Waals surface area (Å²) in [4.78, 5) is 41.1. The van der Waals surface area contributed by atoms with Gasteiger partial charge in [-0.3, -0.25) is 10.1 Å². The van der Waals surface area contributed by atoms with Gasteiger partial charge >= 0.3 is 12.0 Å². The topological polar surface area (TPSA) is 97.4 Å². The smallest absolute Gasteiger partial charge is 0.339 e. The molecule has 1 heterocycles. The number of ether oxygens (including phenoxy) is 1. The fourth-order valence-electron chi connectivity index (χ4n) is 3.90. The van der Waals surface area contributed by atoms with Gasteiger partial charge in [0.1, 0.15) is 5.82 Å². The number of para-hydroxylation sites is 1. The lowest BCUT2D eigenvalue weighted by Gasteiger charge is -2.22. The molecule has 7 nitrogen and oxygen atoms in total. The summed E-state index contributed by atoms with van der Waals surface area (Å²) in [6.07, 6.45) is 4.14. The summed E-state index contributed by atoms with van der Waals surface area (Å²) in [5.74, 6) is -1.69. The van der Waals surface area contributed by atoms with E-state index in [4.69, 9.17) is 9.72 Å². The molecule has 8 heteroatoms. The first kappa shape index (κ1) is 22.1. The highest BCUT2D eigenvalue weighted by molar-refractivity contribution is 6.07. The second-order valence-corrected chi connectivity index (χ2v) is 7.61. The fraction of sp³-hybridized carbons (Fsp3) is 0.200. The van der Waals surface area contributed by atoms with Crippen molar-refractivity contribution in [1.29, 1.82) is 0 Å². The van der Waals surface area contributed by atoms with Crippen LogP contribution in [0.15, 0.2) is 48.5 Å². The van der Waals surface area contributed by atoms with E-state index >= 15 is 0 Å². The van der Waals surface area contributed by atoms with Crippen molar-refractivity contribution in [2.45, 2.75) is 19.3 Å². The van der Waals surface area contributed by atoms with E-state index in [1.165, 1.54) is 19.2 Å². The number of hydrogen-bond acceptors (Lipinski definition) is 5. The summed E-state index contributed by atoms with van der Waals surface area (Å²) in [5, 5.41) is 4.96. The lowest BCUT2D eigenvalue weighted by molar-refractivity contribution is -0.123. The number of carbonyl (C=O) groups is 3. The molecule has 2 N–H and O–H groups in total. The number of nitrogens with zero attached hydrogens (tertiary/aromatic N) is 1. The highest BCUT2D eigenvalue weighted by atomic mass is 19.1. The summed E-state index contributed by atoms with van der Waals surface area (Å²) in [7, 11) is 1.38. The van der Waals surface area contributed by atoms with Crippen LogP contribution in [0.1, 0.15) is 40.0 Å². The van der Waals surface area contributed by atoms with Gasteiger partial charge in [-0.05, 0) is 60.2 Å². The average molecular weight is 447 g/mol. The number of allylic oxidation sites excluding steroid dienone is 1. The van der Waals surface area contributed by atoms with Gasteiger partial charge in [-0.2, -0.15) is 0 Å². The molecule has 4 rings (SSSR count). The Labute approximate surface area is 189 Å². The standard InChI is InChI=1S/C25H22FN3O4/c1-27-25(32)29-21(30)14-33-24(31)22-18-6-2-3-8-20(18)28-23-16(5-4-7-19(22)23)13-15-9-11-17(26)12-10-15/h2-3,6,8-13H,4-5,7,14H2,1H3,(H2,27,29,30,32). The van der Waals surface area contributed by atoms with Crippen LogP contribution < -0.4 is 10.6 Å². The number of fused-ring (bicyclic) bond motifs is 2. The zero-order chi connectivity index (χ0) is 23.4. The van der Waals surface area contributed by atoms with Crippen LogP contribution in [0, 0.1) is 5.82 Å². The molecule has 0 spiro atoms. The normalized spacial score (nSPS) is 13.9. The van der Waals surface area contributed by atoms with Crippen LogP contribution in [0.4, 0.5) is 9.18 Å². The van der Waals surface area contributed by atoms with Crippen LogP contribution in [-0.4, -0.2) is 36.5 Å². The van der Waals surface area contributed by atoms with Gasteiger partial charge < -0.3 is 10.1 Å². The first-order valence-electron chi connectivity index (χ1n) is 10.5. The fourth-order valence-corrected chi connectivity index (χ4v) is 3.90. The molecule has 3 aromatic rings. The number of urea groups is 1. The Morgan fingerprint density at radius 3 is 2.61 bits per heavy atom. The molecule has 0 radical (unpaired) electrons. The summed E-state index contributed by atoms with van der Waals surface area (Å²) in [5.41, 5.74) is 4.23. The zero-order valence-corrected chi connectivity index (χ0v) is 18.0. The van der Waals surface area contributed by atoms with Crippen LogP contribution in [0.2, 0.25) is 0 Å². The highest BCUT2D eigenvalue weighted by Gasteiger charge is 2.26. The third-order valence-corrected chi connectivity index (χ3v) is 5.40. The van der Waals surface area contributed by atoms with E-state index in [-0.39, 0.29) is 5.82 Å². The lowest BCUT2D eigenvalue weighted by atomic mass is 9.86. The number of amides is 3. The van der Waals surface area contributed by atoms with Crippen molar-refractivity contribution in [2.75, 3.05) is 13.7 Å². The number of pyridine rings is 1. The Kier molecular flexibility index (Phi) is 6.44. The Balaban J connectivity index is 1.72. The van der Waals surface area contributed by atoms with Crippen molar-refractivity contribution in [3.8, 4) is 0 Å². The minimum Gasteiger partial charge on any atom is -0.452 e. The maximum absolute atomic E-state index is 13.3. The maximum Gasteiger partial charge on any atom is 0.339 e. The molecule has 0 bridgehead atoms. The van der Waals surface area contributed by atoms with Crippen LogP contribution in [0.3, 0.4) is 0 Å². The van der Waals surface area contributed by atoms with Gasteiger partial charge in [-0.1, -0.05) is 30.3 Å². The minimum absolute atomic E-state index is 0.309. The number of rotatable bonds is 4. The number of carbonyl (C=O) groups excluding carboxylic acids is 3. The van der Waals surface area contributed by atoms with Crippen molar-refractivity contribution in [2.24, 2.45) is 0 Å². The molecule has 0 fully saturated rings. The molecule has 0 saturated carbocycles. The summed E-state index contributed by atoms with van der Waals surface area (Å²) in [6.45, 7) is -0.587. The summed E-state index contributed by atoms with van der Waals surface area (Å²) in [6, 6.07) is 12.8. The minimum atomic E-state index is -0.730. The van der Waals surface area contributed by atoms with Gasteiger partial charge in [0.2, 0.25) is 0 Å². The predicted octanol–water partition coefficient (Wildman–Crippen LogP) is 3.86. The van der Waals surface area contributed by atoms with E-state index in [1.807, 2.05) is 24.3 Å². The average Bonchev–Trinajstić information content (AvgIpc) is 2.82. The van der Waals surface area contributed by atoms with Crippen molar-refractivity contribution >= 4 is 40.5 Å². The number of aromatic nitrogens is 1. The van der Waals surface area contributed by atoms with Crippen molar-refractivity contribution in [3.05, 3.63) is 76.7 Å². The van der Waals surface area contributed by atoms with E-state index in [0.717, 1.165) is 29.5 Å². The molecule has 0 unspecified atom stereocenters. The van der Waals surface area contributed by atoms with Gasteiger partial charge in [-0.15, -0.1) is 0 Å². The van der Waals surface area contributed by atoms with Crippen LogP contribution in [0.5, 0.6) is 0 Å². The Morgan fingerprint density at radius 2 is 1.85 bits per heavy atom. The first-order valence-corrected chi connectivity index (χ1v) is 10.5. The van der Waals surface area contributed by atoms with Crippen molar-refractivity contribution in [3.63, 3.8) is 0 Å². The number of nitrogens with one attached hydrogen (secondary N) is 2. The van der Waals surface area contributed by atoms with Gasteiger partial charge in [-0.25, -0.2) is 19.0 Å². The van der Waals surface area contributed by atoms with E-state index in [1.54, 1.807) is 18.2 Å². The number of imide groups is 1. The largest absolute Gasteiger partial charge is 0.452 e. The van der Waals surface area contributed by atoms with Gasteiger partial charge in [0.15, 0.2) is 6.61 Å². The second-order valence-electron chi connectivity index (χ2n) is 7.61. The Hall–Kier alpha value is -4.07. The van der Waals surface area contributed by atoms with Crippen molar-refractivity contribution in [1.82, 2.24) is 15.6 Å².